The molecule has 0 bridgehead atoms. The van der Waals surface area contributed by atoms with Gasteiger partial charge in [-0.3, -0.25) is 9.48 Å². The second-order valence-electron chi connectivity index (χ2n) is 3.78. The minimum absolute atomic E-state index is 0.0169. The van der Waals surface area contributed by atoms with Crippen LogP contribution in [0.3, 0.4) is 0 Å². The maximum Gasteiger partial charge on any atom is 0.189 e. The maximum absolute atomic E-state index is 11.9. The lowest BCUT2D eigenvalue weighted by atomic mass is 10.1. The lowest BCUT2D eigenvalue weighted by molar-refractivity contribution is 0.104. The second-order valence-corrected chi connectivity index (χ2v) is 3.78. The Bertz CT molecular complexity index is 535. The number of aryl methyl sites for hydroxylation is 1. The van der Waals surface area contributed by atoms with E-state index in [9.17, 15) is 4.79 Å². The lowest BCUT2D eigenvalue weighted by Gasteiger charge is -1.99. The number of hydrogen-bond acceptors (Lipinski definition) is 2. The molecule has 2 rings (SSSR count). The first-order valence-electron chi connectivity index (χ1n) is 5.60. The zero-order valence-electron chi connectivity index (χ0n) is 9.97. The number of ketones is 1. The Morgan fingerprint density at radius 1 is 1.59 bits per heavy atom. The van der Waals surface area contributed by atoms with Gasteiger partial charge in [-0.05, 0) is 38.1 Å². The summed E-state index contributed by atoms with van der Waals surface area (Å²) in [5, 5.41) is 4.15. The van der Waals surface area contributed by atoms with Crippen molar-refractivity contribution in [3.05, 3.63) is 47.6 Å². The van der Waals surface area contributed by atoms with Crippen LogP contribution in [0.1, 0.15) is 28.7 Å². The van der Waals surface area contributed by atoms with Crippen LogP contribution in [-0.2, 0) is 6.54 Å². The number of rotatable bonds is 4. The quantitative estimate of drug-likeness (QED) is 0.646. The van der Waals surface area contributed by atoms with Gasteiger partial charge < -0.3 is 4.98 Å². The van der Waals surface area contributed by atoms with Crippen LogP contribution in [0.5, 0.6) is 0 Å². The highest BCUT2D eigenvalue weighted by Crippen LogP contribution is 2.09. The van der Waals surface area contributed by atoms with Crippen molar-refractivity contribution in [3.63, 3.8) is 0 Å². The number of nitrogens with one attached hydrogen (secondary N) is 1. The molecule has 4 heteroatoms. The number of aromatic nitrogens is 3. The summed E-state index contributed by atoms with van der Waals surface area (Å²) in [6, 6.07) is 3.80. The van der Waals surface area contributed by atoms with Crippen molar-refractivity contribution < 1.29 is 4.79 Å². The lowest BCUT2D eigenvalue weighted by Crippen LogP contribution is -2.01. The Labute approximate surface area is 100.0 Å². The smallest absolute Gasteiger partial charge is 0.189 e. The van der Waals surface area contributed by atoms with Gasteiger partial charge in [0.25, 0.3) is 0 Å². The first kappa shape index (κ1) is 11.4. The third kappa shape index (κ3) is 2.36. The summed E-state index contributed by atoms with van der Waals surface area (Å²) in [6.07, 6.45) is 6.78. The van der Waals surface area contributed by atoms with Gasteiger partial charge in [-0.15, -0.1) is 0 Å². The van der Waals surface area contributed by atoms with Crippen LogP contribution < -0.4 is 0 Å². The molecular weight excluding hydrogens is 214 g/mol. The van der Waals surface area contributed by atoms with Crippen LogP contribution in [0.4, 0.5) is 0 Å². The van der Waals surface area contributed by atoms with E-state index in [0.717, 1.165) is 17.9 Å². The summed E-state index contributed by atoms with van der Waals surface area (Å²) in [5.41, 5.74) is 2.49. The molecule has 0 aliphatic carbocycles. The fourth-order valence-electron chi connectivity index (χ4n) is 1.71. The number of carbonyl (C=O) groups excluding carboxylic acids is 1. The van der Waals surface area contributed by atoms with Gasteiger partial charge in [-0.2, -0.15) is 5.10 Å². The zero-order valence-corrected chi connectivity index (χ0v) is 9.97. The van der Waals surface area contributed by atoms with Crippen LogP contribution in [0.25, 0.3) is 6.08 Å². The van der Waals surface area contributed by atoms with E-state index in [0.29, 0.717) is 5.56 Å². The standard InChI is InChI=1S/C13H15N3O/c1-3-16-10(2)12(9-15-16)13(17)7-6-11-5-4-8-14-11/h4-9,14H,3H2,1-2H3/b7-6+. The van der Waals surface area contributed by atoms with Crippen molar-refractivity contribution in [2.75, 3.05) is 0 Å². The molecule has 0 saturated heterocycles. The summed E-state index contributed by atoms with van der Waals surface area (Å²) < 4.78 is 1.82. The fraction of sp³-hybridized carbons (Fsp3) is 0.231. The van der Waals surface area contributed by atoms with Gasteiger partial charge in [0.15, 0.2) is 5.78 Å². The molecule has 0 spiro atoms. The molecule has 4 nitrogen and oxygen atoms in total. The summed E-state index contributed by atoms with van der Waals surface area (Å²) in [5.74, 6) is -0.0169. The van der Waals surface area contributed by atoms with Gasteiger partial charge in [0, 0.05) is 24.1 Å². The Kier molecular flexibility index (Phi) is 3.23. The van der Waals surface area contributed by atoms with Crippen molar-refractivity contribution in [1.82, 2.24) is 14.8 Å². The average molecular weight is 229 g/mol. The number of hydrogen-bond donors (Lipinski definition) is 1. The highest BCUT2D eigenvalue weighted by Gasteiger charge is 2.10. The number of aromatic amines is 1. The molecule has 0 unspecified atom stereocenters. The molecule has 2 aromatic rings. The molecule has 17 heavy (non-hydrogen) atoms. The van der Waals surface area contributed by atoms with E-state index in [1.807, 2.05) is 36.9 Å². The molecular formula is C13H15N3O. The van der Waals surface area contributed by atoms with E-state index >= 15 is 0 Å². The van der Waals surface area contributed by atoms with Gasteiger partial charge in [0.1, 0.15) is 0 Å². The molecule has 1 N–H and O–H groups in total. The number of nitrogens with zero attached hydrogens (tertiary/aromatic N) is 2. The third-order valence-corrected chi connectivity index (χ3v) is 2.70. The summed E-state index contributed by atoms with van der Waals surface area (Å²) >= 11 is 0. The summed E-state index contributed by atoms with van der Waals surface area (Å²) in [4.78, 5) is 15.0. The molecule has 0 atom stereocenters. The highest BCUT2D eigenvalue weighted by atomic mass is 16.1. The van der Waals surface area contributed by atoms with Gasteiger partial charge >= 0.3 is 0 Å². The molecule has 0 saturated carbocycles. The van der Waals surface area contributed by atoms with E-state index in [1.54, 1.807) is 18.3 Å². The predicted octanol–water partition coefficient (Wildman–Crippen LogP) is 2.44. The van der Waals surface area contributed by atoms with Crippen LogP contribution in [-0.4, -0.2) is 20.5 Å². The average Bonchev–Trinajstić information content (AvgIpc) is 2.95. The summed E-state index contributed by atoms with van der Waals surface area (Å²) in [7, 11) is 0. The van der Waals surface area contributed by atoms with E-state index < -0.39 is 0 Å². The van der Waals surface area contributed by atoms with Crippen molar-refractivity contribution in [2.24, 2.45) is 0 Å². The summed E-state index contributed by atoms with van der Waals surface area (Å²) in [6.45, 7) is 4.69. The second kappa shape index (κ2) is 4.82. The van der Waals surface area contributed by atoms with Crippen LogP contribution in [0.2, 0.25) is 0 Å². The van der Waals surface area contributed by atoms with Crippen LogP contribution in [0.15, 0.2) is 30.6 Å². The molecule has 2 aromatic heterocycles. The molecule has 0 aliphatic rings. The van der Waals surface area contributed by atoms with E-state index in [1.165, 1.54) is 0 Å². The number of H-pyrrole nitrogens is 1. The zero-order chi connectivity index (χ0) is 12.3. The van der Waals surface area contributed by atoms with Gasteiger partial charge in [0.2, 0.25) is 0 Å². The SMILES string of the molecule is CCn1ncc(C(=O)/C=C/c2ccc[nH]2)c1C. The minimum atomic E-state index is -0.0169. The first-order chi connectivity index (χ1) is 8.22. The highest BCUT2D eigenvalue weighted by molar-refractivity contribution is 6.07. The van der Waals surface area contributed by atoms with Crippen molar-refractivity contribution in [2.45, 2.75) is 20.4 Å². The largest absolute Gasteiger partial charge is 0.362 e. The monoisotopic (exact) mass is 229 g/mol. The number of carbonyl (C=O) groups is 1. The maximum atomic E-state index is 11.9. The number of allylic oxidation sites excluding steroid dienone is 1. The molecule has 0 aliphatic heterocycles. The Morgan fingerprint density at radius 2 is 2.41 bits per heavy atom. The Hall–Kier alpha value is -2.10. The topological polar surface area (TPSA) is 50.7 Å². The Balaban J connectivity index is 2.17. The first-order valence-corrected chi connectivity index (χ1v) is 5.60. The molecule has 0 fully saturated rings. The van der Waals surface area contributed by atoms with Crippen LogP contribution in [0, 0.1) is 6.92 Å². The molecule has 88 valence electrons. The van der Waals surface area contributed by atoms with Gasteiger partial charge in [0.05, 0.1) is 11.8 Å². The Morgan fingerprint density at radius 3 is 3.00 bits per heavy atom. The fourth-order valence-corrected chi connectivity index (χ4v) is 1.71. The minimum Gasteiger partial charge on any atom is -0.362 e. The van der Waals surface area contributed by atoms with E-state index in [-0.39, 0.29) is 5.78 Å². The van der Waals surface area contributed by atoms with E-state index in [2.05, 4.69) is 10.1 Å². The van der Waals surface area contributed by atoms with Gasteiger partial charge in [-0.25, -0.2) is 0 Å². The molecule has 0 aromatic carbocycles. The normalized spacial score (nSPS) is 11.2. The predicted molar refractivity (Wildman–Crippen MR) is 66.8 cm³/mol. The van der Waals surface area contributed by atoms with Crippen LogP contribution >= 0.6 is 0 Å². The van der Waals surface area contributed by atoms with Crippen molar-refractivity contribution >= 4 is 11.9 Å². The third-order valence-electron chi connectivity index (χ3n) is 2.70. The van der Waals surface area contributed by atoms with Gasteiger partial charge in [-0.1, -0.05) is 0 Å². The molecule has 2 heterocycles. The molecule has 0 amide bonds. The van der Waals surface area contributed by atoms with Crippen molar-refractivity contribution in [3.8, 4) is 0 Å². The van der Waals surface area contributed by atoms with E-state index in [4.69, 9.17) is 0 Å². The van der Waals surface area contributed by atoms with Crippen molar-refractivity contribution in [1.29, 1.82) is 0 Å². The molecule has 0 radical (unpaired) electrons.